The number of hydrazine groups is 1. The summed E-state index contributed by atoms with van der Waals surface area (Å²) in [5, 5.41) is 11.6. The van der Waals surface area contributed by atoms with Gasteiger partial charge in [0.05, 0.1) is 0 Å². The fourth-order valence-electron chi connectivity index (χ4n) is 1.94. The Labute approximate surface area is 77.7 Å². The molecule has 0 heterocycles. The number of rotatable bonds is 1. The number of hydrogen-bond donors (Lipinski definition) is 2. The third-order valence-corrected chi connectivity index (χ3v) is 2.78. The van der Waals surface area contributed by atoms with Gasteiger partial charge in [-0.1, -0.05) is 24.3 Å². The Balaban J connectivity index is 2.49. The van der Waals surface area contributed by atoms with Crippen LogP contribution in [0.4, 0.5) is 0 Å². The molecular formula is C10H14N2O. The molecule has 3 N–H and O–H groups in total. The van der Waals surface area contributed by atoms with Crippen LogP contribution in [0.5, 0.6) is 0 Å². The Kier molecular flexibility index (Phi) is 1.87. The van der Waals surface area contributed by atoms with Gasteiger partial charge in [-0.05, 0) is 18.4 Å². The first kappa shape index (κ1) is 8.69. The maximum absolute atomic E-state index is 10.2. The van der Waals surface area contributed by atoms with Crippen LogP contribution in [0.2, 0.25) is 0 Å². The maximum Gasteiger partial charge on any atom is 0.156 e. The van der Waals surface area contributed by atoms with Crippen molar-refractivity contribution in [3.8, 4) is 0 Å². The van der Waals surface area contributed by atoms with E-state index in [1.807, 2.05) is 24.3 Å². The molecule has 1 atom stereocenters. The molecule has 0 saturated heterocycles. The van der Waals surface area contributed by atoms with Gasteiger partial charge in [0.25, 0.3) is 0 Å². The summed E-state index contributed by atoms with van der Waals surface area (Å²) in [6, 6.07) is 7.89. The van der Waals surface area contributed by atoms with Gasteiger partial charge >= 0.3 is 0 Å². The molecule has 1 unspecified atom stereocenters. The molecule has 0 saturated carbocycles. The fourth-order valence-corrected chi connectivity index (χ4v) is 1.94. The largest absolute Gasteiger partial charge is 0.370 e. The highest BCUT2D eigenvalue weighted by Gasteiger charge is 2.38. The van der Waals surface area contributed by atoms with E-state index in [2.05, 4.69) is 0 Å². The van der Waals surface area contributed by atoms with Crippen molar-refractivity contribution in [1.29, 1.82) is 0 Å². The van der Waals surface area contributed by atoms with Gasteiger partial charge in [0.1, 0.15) is 0 Å². The van der Waals surface area contributed by atoms with E-state index in [-0.39, 0.29) is 0 Å². The molecule has 0 aliphatic heterocycles. The zero-order valence-electron chi connectivity index (χ0n) is 7.70. The van der Waals surface area contributed by atoms with Gasteiger partial charge in [0.2, 0.25) is 0 Å². The Bertz CT molecular complexity index is 324. The molecule has 3 nitrogen and oxygen atoms in total. The first-order valence-electron chi connectivity index (χ1n) is 4.44. The quantitative estimate of drug-likeness (QED) is 0.376. The minimum Gasteiger partial charge on any atom is -0.370 e. The third-order valence-electron chi connectivity index (χ3n) is 2.78. The number of hydrogen-bond acceptors (Lipinski definition) is 3. The normalized spacial score (nSPS) is 26.5. The highest BCUT2D eigenvalue weighted by atomic mass is 16.3. The van der Waals surface area contributed by atoms with Crippen LogP contribution in [0, 0.1) is 0 Å². The number of aryl methyl sites for hydroxylation is 1. The topological polar surface area (TPSA) is 49.5 Å². The molecule has 1 aliphatic rings. The lowest BCUT2D eigenvalue weighted by Gasteiger charge is -2.30. The third kappa shape index (κ3) is 1.16. The summed E-state index contributed by atoms with van der Waals surface area (Å²) in [7, 11) is 1.70. The van der Waals surface area contributed by atoms with E-state index >= 15 is 0 Å². The van der Waals surface area contributed by atoms with Crippen molar-refractivity contribution in [2.75, 3.05) is 7.05 Å². The summed E-state index contributed by atoms with van der Waals surface area (Å²) in [4.78, 5) is 0. The maximum atomic E-state index is 10.2. The molecule has 0 radical (unpaired) electrons. The second kappa shape index (κ2) is 2.80. The molecule has 0 aromatic heterocycles. The van der Waals surface area contributed by atoms with Gasteiger partial charge in [0.15, 0.2) is 5.72 Å². The van der Waals surface area contributed by atoms with Gasteiger partial charge in [-0.2, -0.15) is 0 Å². The molecule has 3 heteroatoms. The molecular weight excluding hydrogens is 164 g/mol. The zero-order chi connectivity index (χ0) is 9.47. The lowest BCUT2D eigenvalue weighted by molar-refractivity contribution is -0.102. The van der Waals surface area contributed by atoms with Crippen LogP contribution < -0.4 is 5.84 Å². The number of fused-ring (bicyclic) bond motifs is 1. The monoisotopic (exact) mass is 178 g/mol. The molecule has 0 fully saturated rings. The molecule has 1 aliphatic carbocycles. The zero-order valence-corrected chi connectivity index (χ0v) is 7.70. The molecule has 0 bridgehead atoms. The minimum atomic E-state index is -0.962. The molecule has 0 amide bonds. The lowest BCUT2D eigenvalue weighted by atomic mass is 10.1. The van der Waals surface area contributed by atoms with Crippen LogP contribution in [0.1, 0.15) is 17.5 Å². The van der Waals surface area contributed by atoms with Crippen molar-refractivity contribution >= 4 is 0 Å². The van der Waals surface area contributed by atoms with E-state index in [1.54, 1.807) is 7.05 Å². The fraction of sp³-hybridized carbons (Fsp3) is 0.400. The standard InChI is InChI=1S/C10H14N2O/c1-12(11)10(13)7-6-8-4-2-3-5-9(8)10/h2-5,13H,6-7,11H2,1H3. The van der Waals surface area contributed by atoms with Crippen LogP contribution in [0.25, 0.3) is 0 Å². The van der Waals surface area contributed by atoms with E-state index in [0.717, 1.165) is 12.0 Å². The number of benzene rings is 1. The van der Waals surface area contributed by atoms with Gasteiger partial charge < -0.3 is 5.11 Å². The molecule has 70 valence electrons. The number of nitrogens with zero attached hydrogens (tertiary/aromatic N) is 1. The summed E-state index contributed by atoms with van der Waals surface area (Å²) in [6.45, 7) is 0. The Hall–Kier alpha value is -0.900. The van der Waals surface area contributed by atoms with Crippen molar-refractivity contribution in [2.24, 2.45) is 5.84 Å². The van der Waals surface area contributed by atoms with Gasteiger partial charge in [-0.15, -0.1) is 0 Å². The lowest BCUT2D eigenvalue weighted by Crippen LogP contribution is -2.46. The molecule has 1 aromatic rings. The summed E-state index contributed by atoms with van der Waals surface area (Å²) >= 11 is 0. The van der Waals surface area contributed by atoms with Crippen LogP contribution in [-0.2, 0) is 12.1 Å². The smallest absolute Gasteiger partial charge is 0.156 e. The van der Waals surface area contributed by atoms with Crippen molar-refractivity contribution in [3.63, 3.8) is 0 Å². The predicted molar refractivity (Wildman–Crippen MR) is 50.6 cm³/mol. The molecule has 1 aromatic carbocycles. The summed E-state index contributed by atoms with van der Waals surface area (Å²) in [6.07, 6.45) is 1.58. The van der Waals surface area contributed by atoms with E-state index in [9.17, 15) is 5.11 Å². The first-order valence-corrected chi connectivity index (χ1v) is 4.44. The average molecular weight is 178 g/mol. The molecule has 2 rings (SSSR count). The van der Waals surface area contributed by atoms with Crippen molar-refractivity contribution in [3.05, 3.63) is 35.4 Å². The van der Waals surface area contributed by atoms with E-state index < -0.39 is 5.72 Å². The summed E-state index contributed by atoms with van der Waals surface area (Å²) in [5.41, 5.74) is 1.18. The highest BCUT2D eigenvalue weighted by Crippen LogP contribution is 2.37. The van der Waals surface area contributed by atoms with E-state index in [0.29, 0.717) is 6.42 Å². The van der Waals surface area contributed by atoms with Crippen LogP contribution in [0.3, 0.4) is 0 Å². The van der Waals surface area contributed by atoms with Crippen LogP contribution >= 0.6 is 0 Å². The first-order chi connectivity index (χ1) is 6.14. The van der Waals surface area contributed by atoms with Crippen molar-refractivity contribution < 1.29 is 5.11 Å². The summed E-state index contributed by atoms with van der Waals surface area (Å²) in [5.74, 6) is 5.63. The van der Waals surface area contributed by atoms with Crippen molar-refractivity contribution in [1.82, 2.24) is 5.01 Å². The predicted octanol–water partition coefficient (Wildman–Crippen LogP) is 0.583. The second-order valence-corrected chi connectivity index (χ2v) is 3.58. The van der Waals surface area contributed by atoms with Gasteiger partial charge in [0, 0.05) is 12.6 Å². The Morgan fingerprint density at radius 1 is 1.46 bits per heavy atom. The second-order valence-electron chi connectivity index (χ2n) is 3.58. The molecule has 0 spiro atoms. The SMILES string of the molecule is CN(N)C1(O)CCc2ccccc21. The molecule has 13 heavy (non-hydrogen) atoms. The van der Waals surface area contributed by atoms with Gasteiger partial charge in [-0.3, -0.25) is 5.84 Å². The average Bonchev–Trinajstić information content (AvgIpc) is 2.47. The number of nitrogens with two attached hydrogens (primary N) is 1. The Morgan fingerprint density at radius 2 is 2.15 bits per heavy atom. The van der Waals surface area contributed by atoms with Crippen LogP contribution in [0.15, 0.2) is 24.3 Å². The highest BCUT2D eigenvalue weighted by molar-refractivity contribution is 5.36. The van der Waals surface area contributed by atoms with Crippen molar-refractivity contribution in [2.45, 2.75) is 18.6 Å². The van der Waals surface area contributed by atoms with Gasteiger partial charge in [-0.25, -0.2) is 5.01 Å². The van der Waals surface area contributed by atoms with Crippen LogP contribution in [-0.4, -0.2) is 17.2 Å². The van der Waals surface area contributed by atoms with E-state index in [4.69, 9.17) is 5.84 Å². The summed E-state index contributed by atoms with van der Waals surface area (Å²) < 4.78 is 0. The van der Waals surface area contributed by atoms with E-state index in [1.165, 1.54) is 10.6 Å². The Morgan fingerprint density at radius 3 is 2.85 bits per heavy atom. The number of aliphatic hydroxyl groups is 1. The minimum absolute atomic E-state index is 0.680.